The van der Waals surface area contributed by atoms with Crippen molar-refractivity contribution in [2.75, 3.05) is 18.1 Å². The predicted molar refractivity (Wildman–Crippen MR) is 61.8 cm³/mol. The van der Waals surface area contributed by atoms with Crippen LogP contribution < -0.4 is 5.73 Å². The van der Waals surface area contributed by atoms with Crippen molar-refractivity contribution in [1.29, 1.82) is 0 Å². The number of para-hydroxylation sites is 2. The maximum Gasteiger partial charge on any atom is 0.156 e. The molecule has 0 amide bonds. The van der Waals surface area contributed by atoms with Gasteiger partial charge in [-0.05, 0) is 12.1 Å². The molecule has 0 aliphatic heterocycles. The number of hydrogen-bond acceptors (Lipinski definition) is 5. The van der Waals surface area contributed by atoms with E-state index in [4.69, 9.17) is 10.8 Å². The van der Waals surface area contributed by atoms with Crippen molar-refractivity contribution in [3.8, 4) is 0 Å². The van der Waals surface area contributed by atoms with Crippen molar-refractivity contribution in [3.05, 3.63) is 24.3 Å². The number of aromatic nitrogens is 2. The highest BCUT2D eigenvalue weighted by Gasteiger charge is 2.05. The van der Waals surface area contributed by atoms with Gasteiger partial charge < -0.3 is 10.8 Å². The van der Waals surface area contributed by atoms with E-state index in [0.29, 0.717) is 16.6 Å². The fourth-order valence-electron chi connectivity index (χ4n) is 1.25. The van der Waals surface area contributed by atoms with Crippen LogP contribution in [-0.4, -0.2) is 27.4 Å². The van der Waals surface area contributed by atoms with Crippen molar-refractivity contribution in [1.82, 2.24) is 9.97 Å². The lowest BCUT2D eigenvalue weighted by Crippen LogP contribution is -1.98. The maximum absolute atomic E-state index is 8.72. The van der Waals surface area contributed by atoms with E-state index in [0.717, 1.165) is 11.0 Å². The molecule has 0 aliphatic carbocycles. The van der Waals surface area contributed by atoms with E-state index >= 15 is 0 Å². The first kappa shape index (κ1) is 10.2. The van der Waals surface area contributed by atoms with Gasteiger partial charge in [0.15, 0.2) is 5.82 Å². The molecule has 4 nitrogen and oxygen atoms in total. The zero-order valence-electron chi connectivity index (χ0n) is 8.05. The fraction of sp³-hybridized carbons (Fsp3) is 0.200. The summed E-state index contributed by atoms with van der Waals surface area (Å²) in [6.07, 6.45) is 0. The molecule has 1 heterocycles. The summed E-state index contributed by atoms with van der Waals surface area (Å²) in [5.41, 5.74) is 7.37. The highest BCUT2D eigenvalue weighted by atomic mass is 32.2. The van der Waals surface area contributed by atoms with E-state index in [2.05, 4.69) is 9.97 Å². The van der Waals surface area contributed by atoms with Crippen LogP contribution in [0.2, 0.25) is 0 Å². The van der Waals surface area contributed by atoms with Gasteiger partial charge in [-0.15, -0.1) is 11.8 Å². The first-order chi connectivity index (χ1) is 7.31. The number of thioether (sulfide) groups is 1. The third-order valence-corrected chi connectivity index (χ3v) is 2.85. The number of rotatable bonds is 3. The Morgan fingerprint density at radius 2 is 1.87 bits per heavy atom. The minimum Gasteiger partial charge on any atom is -0.396 e. The van der Waals surface area contributed by atoms with Crippen LogP contribution in [0.25, 0.3) is 11.0 Å². The van der Waals surface area contributed by atoms with Crippen molar-refractivity contribution >= 4 is 28.6 Å². The molecule has 0 bridgehead atoms. The zero-order chi connectivity index (χ0) is 10.7. The molecule has 5 heteroatoms. The van der Waals surface area contributed by atoms with E-state index < -0.39 is 0 Å². The average Bonchev–Trinajstić information content (AvgIpc) is 2.26. The number of anilines is 1. The van der Waals surface area contributed by atoms with Crippen LogP contribution in [0.4, 0.5) is 5.82 Å². The van der Waals surface area contributed by atoms with Crippen molar-refractivity contribution in [3.63, 3.8) is 0 Å². The molecule has 3 N–H and O–H groups in total. The molecule has 0 aliphatic rings. The molecule has 15 heavy (non-hydrogen) atoms. The van der Waals surface area contributed by atoms with Crippen molar-refractivity contribution < 1.29 is 5.11 Å². The first-order valence-electron chi connectivity index (χ1n) is 4.57. The summed E-state index contributed by atoms with van der Waals surface area (Å²) in [5, 5.41) is 9.41. The molecule has 0 spiro atoms. The Bertz CT molecular complexity index is 475. The summed E-state index contributed by atoms with van der Waals surface area (Å²) in [7, 11) is 0. The Hall–Kier alpha value is -1.33. The lowest BCUT2D eigenvalue weighted by Gasteiger charge is -2.04. The molecule has 78 valence electrons. The number of fused-ring (bicyclic) bond motifs is 1. The molecule has 0 saturated carbocycles. The van der Waals surface area contributed by atoms with Crippen LogP contribution in [0.5, 0.6) is 0 Å². The van der Waals surface area contributed by atoms with Crippen molar-refractivity contribution in [2.24, 2.45) is 0 Å². The second kappa shape index (κ2) is 4.46. The minimum absolute atomic E-state index is 0.110. The van der Waals surface area contributed by atoms with Gasteiger partial charge in [0.2, 0.25) is 0 Å². The zero-order valence-corrected chi connectivity index (χ0v) is 8.87. The quantitative estimate of drug-likeness (QED) is 0.764. The van der Waals surface area contributed by atoms with Crippen molar-refractivity contribution in [2.45, 2.75) is 5.03 Å². The standard InChI is InChI=1S/C10H11N3OS/c11-9-10(15-6-5-14)13-8-4-2-1-3-7(8)12-9/h1-4,14H,5-6H2,(H2,11,12). The molecule has 0 radical (unpaired) electrons. The predicted octanol–water partition coefficient (Wildman–Crippen LogP) is 1.30. The van der Waals surface area contributed by atoms with Gasteiger partial charge in [0, 0.05) is 5.75 Å². The Balaban J connectivity index is 2.43. The van der Waals surface area contributed by atoms with Gasteiger partial charge in [-0.25, -0.2) is 9.97 Å². The van der Waals surface area contributed by atoms with Gasteiger partial charge in [-0.2, -0.15) is 0 Å². The summed E-state index contributed by atoms with van der Waals surface area (Å²) < 4.78 is 0. The lowest BCUT2D eigenvalue weighted by atomic mass is 10.3. The average molecular weight is 221 g/mol. The lowest BCUT2D eigenvalue weighted by molar-refractivity contribution is 0.322. The van der Waals surface area contributed by atoms with E-state index in [-0.39, 0.29) is 6.61 Å². The smallest absolute Gasteiger partial charge is 0.156 e. The van der Waals surface area contributed by atoms with Crippen LogP contribution >= 0.6 is 11.8 Å². The normalized spacial score (nSPS) is 10.7. The molecular formula is C10H11N3OS. The van der Waals surface area contributed by atoms with Gasteiger partial charge in [-0.1, -0.05) is 12.1 Å². The van der Waals surface area contributed by atoms with Gasteiger partial charge in [0.1, 0.15) is 5.03 Å². The molecule has 0 atom stereocenters. The highest BCUT2D eigenvalue weighted by Crippen LogP contribution is 2.23. The third kappa shape index (κ3) is 2.19. The number of benzene rings is 1. The van der Waals surface area contributed by atoms with Crippen LogP contribution in [0.3, 0.4) is 0 Å². The SMILES string of the molecule is Nc1nc2ccccc2nc1SCCO. The Kier molecular flexibility index (Phi) is 3.03. The van der Waals surface area contributed by atoms with Crippen LogP contribution in [0.1, 0.15) is 0 Å². The van der Waals surface area contributed by atoms with E-state index in [1.54, 1.807) is 0 Å². The third-order valence-electron chi connectivity index (χ3n) is 1.89. The Morgan fingerprint density at radius 3 is 2.53 bits per heavy atom. The molecule has 1 aromatic heterocycles. The molecule has 2 rings (SSSR count). The Morgan fingerprint density at radius 1 is 1.20 bits per heavy atom. The van der Waals surface area contributed by atoms with E-state index in [9.17, 15) is 0 Å². The fourth-order valence-corrected chi connectivity index (χ4v) is 1.89. The van der Waals surface area contributed by atoms with E-state index in [1.807, 2.05) is 24.3 Å². The summed E-state index contributed by atoms with van der Waals surface area (Å²) >= 11 is 1.41. The number of hydrogen-bond donors (Lipinski definition) is 2. The molecule has 0 fully saturated rings. The molecule has 0 unspecified atom stereocenters. The summed E-state index contributed by atoms with van der Waals surface area (Å²) in [4.78, 5) is 8.62. The number of aliphatic hydroxyl groups is 1. The summed E-state index contributed by atoms with van der Waals surface area (Å²) in [6, 6.07) is 7.58. The topological polar surface area (TPSA) is 72.0 Å². The van der Waals surface area contributed by atoms with Gasteiger partial charge in [0.05, 0.1) is 17.6 Å². The van der Waals surface area contributed by atoms with Crippen LogP contribution in [-0.2, 0) is 0 Å². The molecule has 1 aromatic carbocycles. The monoisotopic (exact) mass is 221 g/mol. The van der Waals surface area contributed by atoms with Gasteiger partial charge >= 0.3 is 0 Å². The number of aliphatic hydroxyl groups excluding tert-OH is 1. The maximum atomic E-state index is 8.72. The number of nitrogen functional groups attached to an aromatic ring is 1. The first-order valence-corrected chi connectivity index (χ1v) is 5.56. The number of nitrogens with two attached hydrogens (primary N) is 1. The summed E-state index contributed by atoms with van der Waals surface area (Å²) in [5.74, 6) is 1.00. The summed E-state index contributed by atoms with van der Waals surface area (Å²) in [6.45, 7) is 0.110. The molecule has 2 aromatic rings. The molecule has 0 saturated heterocycles. The highest BCUT2D eigenvalue weighted by molar-refractivity contribution is 7.99. The molecular weight excluding hydrogens is 210 g/mol. The minimum atomic E-state index is 0.110. The van der Waals surface area contributed by atoms with E-state index in [1.165, 1.54) is 11.8 Å². The Labute approximate surface area is 91.5 Å². The van der Waals surface area contributed by atoms with Crippen LogP contribution in [0.15, 0.2) is 29.3 Å². The second-order valence-electron chi connectivity index (χ2n) is 2.97. The van der Waals surface area contributed by atoms with Gasteiger partial charge in [0.25, 0.3) is 0 Å². The largest absolute Gasteiger partial charge is 0.396 e. The number of nitrogens with zero attached hydrogens (tertiary/aromatic N) is 2. The van der Waals surface area contributed by atoms with Crippen LogP contribution in [0, 0.1) is 0 Å². The second-order valence-corrected chi connectivity index (χ2v) is 4.06. The van der Waals surface area contributed by atoms with Gasteiger partial charge in [-0.3, -0.25) is 0 Å².